The van der Waals surface area contributed by atoms with Gasteiger partial charge < -0.3 is 10.6 Å². The lowest BCUT2D eigenvalue weighted by Gasteiger charge is -2.20. The number of thiazole rings is 1. The number of hydrogen-bond donors (Lipinski definition) is 2. The first-order chi connectivity index (χ1) is 8.59. The number of pyridine rings is 1. The van der Waals surface area contributed by atoms with Crippen LogP contribution in [0.1, 0.15) is 16.8 Å². The molecule has 94 valence electrons. The van der Waals surface area contributed by atoms with Crippen molar-refractivity contribution in [2.24, 2.45) is 5.73 Å². The zero-order valence-electron chi connectivity index (χ0n) is 10.3. The highest BCUT2D eigenvalue weighted by Crippen LogP contribution is 2.20. The fourth-order valence-corrected chi connectivity index (χ4v) is 2.35. The fraction of sp³-hybridized carbons (Fsp3) is 0.250. The molecular weight excluding hydrogens is 246 g/mol. The molecule has 18 heavy (non-hydrogen) atoms. The van der Waals surface area contributed by atoms with Crippen LogP contribution in [0.3, 0.4) is 0 Å². The Hall–Kier alpha value is -1.95. The highest BCUT2D eigenvalue weighted by atomic mass is 32.1. The second kappa shape index (κ2) is 5.14. The van der Waals surface area contributed by atoms with E-state index in [1.54, 1.807) is 23.0 Å². The molecule has 5 nitrogen and oxygen atoms in total. The van der Waals surface area contributed by atoms with E-state index in [-0.39, 0.29) is 5.84 Å². The van der Waals surface area contributed by atoms with E-state index in [4.69, 9.17) is 11.1 Å². The third-order valence-corrected chi connectivity index (χ3v) is 3.29. The molecule has 0 bridgehead atoms. The topological polar surface area (TPSA) is 78.9 Å². The highest BCUT2D eigenvalue weighted by molar-refractivity contribution is 7.07. The summed E-state index contributed by atoms with van der Waals surface area (Å²) < 4.78 is 0. The molecule has 2 rings (SSSR count). The summed E-state index contributed by atoms with van der Waals surface area (Å²) >= 11 is 1.57. The summed E-state index contributed by atoms with van der Waals surface area (Å²) in [5.41, 5.74) is 10.1. The molecule has 0 aliphatic rings. The average molecular weight is 261 g/mol. The van der Waals surface area contributed by atoms with Gasteiger partial charge in [-0.1, -0.05) is 0 Å². The minimum atomic E-state index is 0.0423. The smallest absolute Gasteiger partial charge is 0.139 e. The summed E-state index contributed by atoms with van der Waals surface area (Å²) in [5, 5.41) is 9.66. The summed E-state index contributed by atoms with van der Waals surface area (Å²) in [5.74, 6) is 0.760. The van der Waals surface area contributed by atoms with Crippen molar-refractivity contribution in [3.8, 4) is 0 Å². The molecule has 2 heterocycles. The van der Waals surface area contributed by atoms with Crippen LogP contribution in [0.15, 0.2) is 23.2 Å². The molecule has 0 saturated carbocycles. The van der Waals surface area contributed by atoms with Gasteiger partial charge in [-0.2, -0.15) is 0 Å². The minimum absolute atomic E-state index is 0.0423. The zero-order chi connectivity index (χ0) is 13.1. The van der Waals surface area contributed by atoms with Gasteiger partial charge in [0, 0.05) is 18.6 Å². The summed E-state index contributed by atoms with van der Waals surface area (Å²) in [6, 6.07) is 1.86. The zero-order valence-corrected chi connectivity index (χ0v) is 11.2. The summed E-state index contributed by atoms with van der Waals surface area (Å²) in [6.07, 6.45) is 1.73. The van der Waals surface area contributed by atoms with Crippen molar-refractivity contribution in [2.45, 2.75) is 13.5 Å². The Morgan fingerprint density at radius 3 is 2.89 bits per heavy atom. The van der Waals surface area contributed by atoms with Gasteiger partial charge in [-0.3, -0.25) is 5.41 Å². The van der Waals surface area contributed by atoms with Crippen LogP contribution in [0.2, 0.25) is 0 Å². The number of aromatic nitrogens is 2. The molecule has 2 aromatic rings. The highest BCUT2D eigenvalue weighted by Gasteiger charge is 2.14. The SMILES string of the molecule is Cc1ccnc(N(C)Cc2cscn2)c1C(=N)N. The maximum Gasteiger partial charge on any atom is 0.139 e. The molecule has 0 atom stereocenters. The first-order valence-corrected chi connectivity index (χ1v) is 6.42. The van der Waals surface area contributed by atoms with Crippen molar-refractivity contribution in [3.63, 3.8) is 0 Å². The lowest BCUT2D eigenvalue weighted by atomic mass is 10.1. The summed E-state index contributed by atoms with van der Waals surface area (Å²) in [4.78, 5) is 10.5. The first-order valence-electron chi connectivity index (χ1n) is 5.47. The van der Waals surface area contributed by atoms with Gasteiger partial charge in [0.25, 0.3) is 0 Å². The molecular formula is C12H15N5S. The van der Waals surface area contributed by atoms with Crippen molar-refractivity contribution < 1.29 is 0 Å². The van der Waals surface area contributed by atoms with Crippen LogP contribution in [-0.4, -0.2) is 22.9 Å². The van der Waals surface area contributed by atoms with E-state index in [9.17, 15) is 0 Å². The first kappa shape index (κ1) is 12.5. The predicted octanol–water partition coefficient (Wildman–Crippen LogP) is 1.77. The van der Waals surface area contributed by atoms with Gasteiger partial charge in [-0.25, -0.2) is 9.97 Å². The Bertz CT molecular complexity index is 550. The van der Waals surface area contributed by atoms with E-state index < -0.39 is 0 Å². The molecule has 0 saturated heterocycles. The summed E-state index contributed by atoms with van der Waals surface area (Å²) in [7, 11) is 1.92. The van der Waals surface area contributed by atoms with Crippen molar-refractivity contribution in [2.75, 3.05) is 11.9 Å². The van der Waals surface area contributed by atoms with E-state index >= 15 is 0 Å². The standard InChI is InChI=1S/C12H15N5S/c1-8-3-4-15-12(10(8)11(13)14)17(2)5-9-6-18-7-16-9/h3-4,6-7H,5H2,1-2H3,(H3,13,14). The second-order valence-corrected chi connectivity index (χ2v) is 4.79. The third-order valence-electron chi connectivity index (χ3n) is 2.65. The lowest BCUT2D eigenvalue weighted by Crippen LogP contribution is -2.24. The predicted molar refractivity (Wildman–Crippen MR) is 74.2 cm³/mol. The quantitative estimate of drug-likeness (QED) is 0.649. The number of anilines is 1. The van der Waals surface area contributed by atoms with Crippen molar-refractivity contribution >= 4 is 23.0 Å². The molecule has 2 aromatic heterocycles. The van der Waals surface area contributed by atoms with Crippen molar-refractivity contribution in [1.29, 1.82) is 5.41 Å². The van der Waals surface area contributed by atoms with Crippen molar-refractivity contribution in [1.82, 2.24) is 9.97 Å². The monoisotopic (exact) mass is 261 g/mol. The maximum absolute atomic E-state index is 7.66. The molecule has 0 aromatic carbocycles. The van der Waals surface area contributed by atoms with Crippen molar-refractivity contribution in [3.05, 3.63) is 40.0 Å². The molecule has 0 amide bonds. The number of nitrogens with zero attached hydrogens (tertiary/aromatic N) is 3. The van der Waals surface area contributed by atoms with Gasteiger partial charge in [-0.05, 0) is 18.6 Å². The van der Waals surface area contributed by atoms with Crippen LogP contribution in [-0.2, 0) is 6.54 Å². The number of amidine groups is 1. The third kappa shape index (κ3) is 2.48. The molecule has 3 N–H and O–H groups in total. The largest absolute Gasteiger partial charge is 0.384 e. The van der Waals surface area contributed by atoms with Gasteiger partial charge in [-0.15, -0.1) is 11.3 Å². The van der Waals surface area contributed by atoms with Gasteiger partial charge in [0.1, 0.15) is 11.7 Å². The Morgan fingerprint density at radius 2 is 2.28 bits per heavy atom. The lowest BCUT2D eigenvalue weighted by molar-refractivity contribution is 0.870. The van der Waals surface area contributed by atoms with E-state index in [1.165, 1.54) is 0 Å². The fourth-order valence-electron chi connectivity index (χ4n) is 1.80. The average Bonchev–Trinajstić information content (AvgIpc) is 2.80. The van der Waals surface area contributed by atoms with E-state index in [0.29, 0.717) is 12.1 Å². The Kier molecular flexibility index (Phi) is 3.57. The van der Waals surface area contributed by atoms with Gasteiger partial charge in [0.15, 0.2) is 0 Å². The second-order valence-electron chi connectivity index (χ2n) is 4.08. The van der Waals surface area contributed by atoms with Crippen LogP contribution < -0.4 is 10.6 Å². The number of hydrogen-bond acceptors (Lipinski definition) is 5. The number of nitrogens with two attached hydrogens (primary N) is 1. The number of rotatable bonds is 4. The Morgan fingerprint density at radius 1 is 1.50 bits per heavy atom. The number of nitrogens with one attached hydrogen (secondary N) is 1. The van der Waals surface area contributed by atoms with Crippen LogP contribution >= 0.6 is 11.3 Å². The molecule has 0 aliphatic heterocycles. The van der Waals surface area contributed by atoms with Gasteiger partial charge in [0.2, 0.25) is 0 Å². The molecule has 6 heteroatoms. The molecule has 0 spiro atoms. The van der Waals surface area contributed by atoms with Gasteiger partial charge in [0.05, 0.1) is 23.3 Å². The minimum Gasteiger partial charge on any atom is -0.384 e. The van der Waals surface area contributed by atoms with Crippen LogP contribution in [0.5, 0.6) is 0 Å². The van der Waals surface area contributed by atoms with Crippen LogP contribution in [0, 0.1) is 12.3 Å². The van der Waals surface area contributed by atoms with E-state index in [2.05, 4.69) is 9.97 Å². The molecule has 0 fully saturated rings. The van der Waals surface area contributed by atoms with Crippen LogP contribution in [0.4, 0.5) is 5.82 Å². The molecule has 0 aliphatic carbocycles. The maximum atomic E-state index is 7.66. The van der Waals surface area contributed by atoms with E-state index in [1.807, 2.05) is 30.3 Å². The molecule has 0 radical (unpaired) electrons. The van der Waals surface area contributed by atoms with Crippen LogP contribution in [0.25, 0.3) is 0 Å². The summed E-state index contributed by atoms with van der Waals surface area (Å²) in [6.45, 7) is 2.58. The number of aryl methyl sites for hydroxylation is 1. The Labute approximate surface area is 110 Å². The van der Waals surface area contributed by atoms with Gasteiger partial charge >= 0.3 is 0 Å². The Balaban J connectivity index is 2.32. The molecule has 0 unspecified atom stereocenters. The number of nitrogen functional groups attached to an aromatic ring is 1. The normalized spacial score (nSPS) is 10.3. The van der Waals surface area contributed by atoms with E-state index in [0.717, 1.165) is 17.1 Å².